The molecular weight excluding hydrogens is 190 g/mol. The van der Waals surface area contributed by atoms with Gasteiger partial charge >= 0.3 is 0 Å². The van der Waals surface area contributed by atoms with E-state index in [1.54, 1.807) is 11.9 Å². The maximum Gasteiger partial charge on any atom is 0.0278 e. The van der Waals surface area contributed by atoms with Crippen LogP contribution in [-0.4, -0.2) is 11.5 Å². The molecule has 0 saturated heterocycles. The average molecular weight is 207 g/mol. The van der Waals surface area contributed by atoms with Gasteiger partial charge in [-0.25, -0.2) is 4.40 Å². The first kappa shape index (κ1) is 11.3. The van der Waals surface area contributed by atoms with Gasteiger partial charge in [0.1, 0.15) is 0 Å². The van der Waals surface area contributed by atoms with E-state index in [1.807, 2.05) is 13.1 Å². The minimum Gasteiger partial charge on any atom is -0.229 e. The van der Waals surface area contributed by atoms with Crippen molar-refractivity contribution in [3.8, 4) is 0 Å². The summed E-state index contributed by atoms with van der Waals surface area (Å²) in [4.78, 5) is 0. The van der Waals surface area contributed by atoms with E-state index in [0.29, 0.717) is 5.25 Å². The molecule has 0 bridgehead atoms. The smallest absolute Gasteiger partial charge is 0.0278 e. The van der Waals surface area contributed by atoms with Gasteiger partial charge in [-0.15, -0.1) is 0 Å². The molecule has 1 nitrogen and oxygen atoms in total. The number of rotatable bonds is 4. The van der Waals surface area contributed by atoms with Gasteiger partial charge in [0, 0.05) is 11.5 Å². The van der Waals surface area contributed by atoms with E-state index in [1.165, 1.54) is 11.1 Å². The molecule has 2 heteroatoms. The normalized spacial score (nSPS) is 13.4. The lowest BCUT2D eigenvalue weighted by Crippen LogP contribution is -1.99. The second kappa shape index (κ2) is 5.86. The predicted molar refractivity (Wildman–Crippen MR) is 66.1 cm³/mol. The lowest BCUT2D eigenvalue weighted by molar-refractivity contribution is 0.943. The summed E-state index contributed by atoms with van der Waals surface area (Å²) in [5, 5.41) is 0.550. The molecule has 0 radical (unpaired) electrons. The molecule has 0 saturated carbocycles. The Morgan fingerprint density at radius 3 is 2.57 bits per heavy atom. The lowest BCUT2D eigenvalue weighted by atomic mass is 10.1. The molecule has 1 atom stereocenters. The minimum atomic E-state index is 0.550. The molecule has 76 valence electrons. The van der Waals surface area contributed by atoms with Crippen LogP contribution in [0.4, 0.5) is 0 Å². The highest BCUT2D eigenvalue weighted by Crippen LogP contribution is 2.16. The molecule has 1 aromatic rings. The molecule has 0 spiro atoms. The molecular formula is C12H17NS. The summed E-state index contributed by atoms with van der Waals surface area (Å²) in [6, 6.07) is 8.72. The Bertz CT molecular complexity index is 290. The predicted octanol–water partition coefficient (Wildman–Crippen LogP) is 3.66. The zero-order valence-electron chi connectivity index (χ0n) is 9.03. The third-order valence-corrected chi connectivity index (χ3v) is 2.85. The molecule has 0 aliphatic carbocycles. The first-order valence-electron chi connectivity index (χ1n) is 4.91. The Balaban J connectivity index is 2.47. The summed E-state index contributed by atoms with van der Waals surface area (Å²) in [7, 11) is 0. The first-order valence-corrected chi connectivity index (χ1v) is 5.75. The zero-order chi connectivity index (χ0) is 10.4. The Labute approximate surface area is 90.8 Å². The van der Waals surface area contributed by atoms with Crippen LogP contribution in [0.3, 0.4) is 0 Å². The van der Waals surface area contributed by atoms with Gasteiger partial charge in [-0.05, 0) is 37.8 Å². The van der Waals surface area contributed by atoms with Crippen LogP contribution in [0.25, 0.3) is 0 Å². The summed E-state index contributed by atoms with van der Waals surface area (Å²) in [5.74, 6) is 0. The number of hydrogen-bond donors (Lipinski definition) is 0. The number of benzene rings is 1. The van der Waals surface area contributed by atoms with Crippen LogP contribution in [0.5, 0.6) is 0 Å². The number of nitrogens with zero attached hydrogens (tertiary/aromatic N) is 1. The Kier molecular flexibility index (Phi) is 4.74. The molecule has 0 N–H and O–H groups in total. The monoisotopic (exact) mass is 207 g/mol. The van der Waals surface area contributed by atoms with E-state index in [-0.39, 0.29) is 0 Å². The SMILES string of the molecule is C/C=N/SC(C)Cc1ccc(C)cc1. The summed E-state index contributed by atoms with van der Waals surface area (Å²) in [5.41, 5.74) is 2.71. The van der Waals surface area contributed by atoms with E-state index in [2.05, 4.69) is 42.5 Å². The van der Waals surface area contributed by atoms with Crippen LogP contribution in [0.1, 0.15) is 25.0 Å². The topological polar surface area (TPSA) is 12.4 Å². The van der Waals surface area contributed by atoms with Gasteiger partial charge in [-0.1, -0.05) is 36.8 Å². The summed E-state index contributed by atoms with van der Waals surface area (Å²) < 4.78 is 4.18. The van der Waals surface area contributed by atoms with Crippen molar-refractivity contribution in [3.05, 3.63) is 35.4 Å². The van der Waals surface area contributed by atoms with Gasteiger partial charge in [0.25, 0.3) is 0 Å². The Morgan fingerprint density at radius 2 is 2.00 bits per heavy atom. The fraction of sp³-hybridized carbons (Fsp3) is 0.417. The molecule has 0 aliphatic heterocycles. The number of hydrogen-bond acceptors (Lipinski definition) is 2. The first-order chi connectivity index (χ1) is 6.72. The highest BCUT2D eigenvalue weighted by Gasteiger charge is 2.02. The number of aryl methyl sites for hydroxylation is 1. The Morgan fingerprint density at radius 1 is 1.36 bits per heavy atom. The maximum absolute atomic E-state index is 4.18. The Hall–Kier alpha value is -0.760. The zero-order valence-corrected chi connectivity index (χ0v) is 9.84. The van der Waals surface area contributed by atoms with Gasteiger partial charge in [0.2, 0.25) is 0 Å². The molecule has 1 rings (SSSR count). The standard InChI is InChI=1S/C12H17NS/c1-4-13-14-11(3)9-12-7-5-10(2)6-8-12/h4-8,11H,9H2,1-3H3/b13-4+. The highest BCUT2D eigenvalue weighted by atomic mass is 32.2. The summed E-state index contributed by atoms with van der Waals surface area (Å²) >= 11 is 1.64. The van der Waals surface area contributed by atoms with E-state index in [0.717, 1.165) is 6.42 Å². The van der Waals surface area contributed by atoms with Crippen molar-refractivity contribution in [3.63, 3.8) is 0 Å². The van der Waals surface area contributed by atoms with Crippen LogP contribution >= 0.6 is 11.9 Å². The van der Waals surface area contributed by atoms with Crippen LogP contribution in [0.15, 0.2) is 28.7 Å². The van der Waals surface area contributed by atoms with Gasteiger partial charge in [-0.2, -0.15) is 0 Å². The van der Waals surface area contributed by atoms with E-state index < -0.39 is 0 Å². The lowest BCUT2D eigenvalue weighted by Gasteiger charge is -2.07. The fourth-order valence-electron chi connectivity index (χ4n) is 1.26. The fourth-order valence-corrected chi connectivity index (χ4v) is 1.85. The molecule has 0 aliphatic rings. The van der Waals surface area contributed by atoms with Crippen molar-refractivity contribution in [2.75, 3.05) is 0 Å². The maximum atomic E-state index is 4.18. The molecule has 1 aromatic carbocycles. The second-order valence-electron chi connectivity index (χ2n) is 3.47. The second-order valence-corrected chi connectivity index (χ2v) is 4.70. The molecule has 1 unspecified atom stereocenters. The van der Waals surface area contributed by atoms with Crippen molar-refractivity contribution < 1.29 is 0 Å². The van der Waals surface area contributed by atoms with Crippen molar-refractivity contribution in [1.29, 1.82) is 0 Å². The van der Waals surface area contributed by atoms with Gasteiger partial charge in [-0.3, -0.25) is 0 Å². The van der Waals surface area contributed by atoms with Crippen LogP contribution in [-0.2, 0) is 6.42 Å². The third-order valence-electron chi connectivity index (χ3n) is 1.99. The van der Waals surface area contributed by atoms with Crippen LogP contribution < -0.4 is 0 Å². The largest absolute Gasteiger partial charge is 0.229 e. The molecule has 14 heavy (non-hydrogen) atoms. The molecule has 0 amide bonds. The van der Waals surface area contributed by atoms with Crippen molar-refractivity contribution in [2.24, 2.45) is 4.40 Å². The van der Waals surface area contributed by atoms with E-state index in [4.69, 9.17) is 0 Å². The molecule has 0 heterocycles. The summed E-state index contributed by atoms with van der Waals surface area (Å²) in [6.45, 7) is 6.27. The molecule has 0 fully saturated rings. The van der Waals surface area contributed by atoms with Crippen molar-refractivity contribution in [2.45, 2.75) is 32.4 Å². The van der Waals surface area contributed by atoms with Gasteiger partial charge < -0.3 is 0 Å². The third kappa shape index (κ3) is 3.97. The van der Waals surface area contributed by atoms with Crippen LogP contribution in [0.2, 0.25) is 0 Å². The minimum absolute atomic E-state index is 0.550. The molecule has 0 aromatic heterocycles. The van der Waals surface area contributed by atoms with Crippen molar-refractivity contribution in [1.82, 2.24) is 0 Å². The average Bonchev–Trinajstić information content (AvgIpc) is 2.18. The van der Waals surface area contributed by atoms with E-state index in [9.17, 15) is 0 Å². The quantitative estimate of drug-likeness (QED) is 0.542. The van der Waals surface area contributed by atoms with Crippen molar-refractivity contribution >= 4 is 18.2 Å². The highest BCUT2D eigenvalue weighted by molar-refractivity contribution is 7.98. The van der Waals surface area contributed by atoms with Crippen LogP contribution in [0, 0.1) is 6.92 Å². The van der Waals surface area contributed by atoms with E-state index >= 15 is 0 Å². The van der Waals surface area contributed by atoms with Gasteiger partial charge in [0.15, 0.2) is 0 Å². The summed E-state index contributed by atoms with van der Waals surface area (Å²) in [6.07, 6.45) is 2.93. The van der Waals surface area contributed by atoms with Gasteiger partial charge in [0.05, 0.1) is 0 Å².